The van der Waals surface area contributed by atoms with Crippen molar-refractivity contribution in [1.29, 1.82) is 0 Å². The van der Waals surface area contributed by atoms with Crippen molar-refractivity contribution >= 4 is 40.6 Å². The Morgan fingerprint density at radius 1 is 1.30 bits per heavy atom. The summed E-state index contributed by atoms with van der Waals surface area (Å²) in [6, 6.07) is 0. The molecule has 0 heterocycles. The maximum Gasteiger partial charge on any atom is 0.167 e. The van der Waals surface area contributed by atoms with E-state index in [1.54, 1.807) is 6.92 Å². The van der Waals surface area contributed by atoms with E-state index in [4.69, 9.17) is 23.2 Å². The minimum Gasteiger partial charge on any atom is -0.298 e. The molecule has 7 atom stereocenters. The van der Waals surface area contributed by atoms with Gasteiger partial charge in [-0.2, -0.15) is 0 Å². The minimum atomic E-state index is -1.06. The number of alkyl halides is 3. The van der Waals surface area contributed by atoms with E-state index in [1.165, 1.54) is 6.08 Å². The predicted molar refractivity (Wildman–Crippen MR) is 102 cm³/mol. The van der Waals surface area contributed by atoms with Crippen LogP contribution in [0, 0.1) is 28.6 Å². The Bertz CT molecular complexity index is 805. The second kappa shape index (κ2) is 6.00. The van der Waals surface area contributed by atoms with Gasteiger partial charge in [-0.1, -0.05) is 19.1 Å². The number of ketones is 3. The molecule has 0 aromatic heterocycles. The number of hydrogen-bond donors (Lipinski definition) is 0. The molecule has 4 aliphatic rings. The highest BCUT2D eigenvalue weighted by molar-refractivity contribution is 6.36. The highest BCUT2D eigenvalue weighted by Gasteiger charge is 2.70. The van der Waals surface area contributed by atoms with Crippen LogP contribution in [0.4, 0.5) is 4.39 Å². The number of Topliss-reactive ketones (excluding diaryl/α,β-unsaturated/α-hetero) is 2. The zero-order valence-electron chi connectivity index (χ0n) is 15.4. The lowest BCUT2D eigenvalue weighted by molar-refractivity contribution is -0.137. The van der Waals surface area contributed by atoms with Gasteiger partial charge in [0, 0.05) is 11.8 Å². The molecule has 2 saturated carbocycles. The SMILES string of the molecule is C[C@]12CC(Cl)[C@@]3(Cl)[C@@H](C=CC4=CC(=O)CC(=O)[C@@]43C)[C@@H]1CC[C@@H]2C(=O)CF. The monoisotopic (exact) mass is 412 g/mol. The number of allylic oxidation sites excluding steroid dienone is 4. The third kappa shape index (κ3) is 2.23. The summed E-state index contributed by atoms with van der Waals surface area (Å²) in [5.41, 5.74) is -0.857. The molecule has 0 radical (unpaired) electrons. The number of carbonyl (C=O) groups excluding carboxylic acids is 3. The van der Waals surface area contributed by atoms with Gasteiger partial charge in [0.25, 0.3) is 0 Å². The van der Waals surface area contributed by atoms with Crippen LogP contribution in [0.2, 0.25) is 0 Å². The van der Waals surface area contributed by atoms with Crippen LogP contribution in [-0.4, -0.2) is 34.3 Å². The minimum absolute atomic E-state index is 0.0468. The van der Waals surface area contributed by atoms with Gasteiger partial charge in [-0.25, -0.2) is 4.39 Å². The highest BCUT2D eigenvalue weighted by Crippen LogP contribution is 2.69. The van der Waals surface area contributed by atoms with Crippen molar-refractivity contribution in [2.24, 2.45) is 28.6 Å². The Kier molecular flexibility index (Phi) is 4.29. The van der Waals surface area contributed by atoms with E-state index in [9.17, 15) is 18.8 Å². The van der Waals surface area contributed by atoms with Crippen LogP contribution in [0.5, 0.6) is 0 Å². The summed E-state index contributed by atoms with van der Waals surface area (Å²) >= 11 is 14.1. The summed E-state index contributed by atoms with van der Waals surface area (Å²) in [5, 5.41) is -0.575. The first-order valence-electron chi connectivity index (χ1n) is 9.49. The maximum atomic E-state index is 13.1. The predicted octanol–water partition coefficient (Wildman–Crippen LogP) is 4.21. The Labute approximate surface area is 168 Å². The quantitative estimate of drug-likeness (QED) is 0.504. The average molecular weight is 413 g/mol. The molecule has 4 aliphatic carbocycles. The molecule has 1 unspecified atom stereocenters. The smallest absolute Gasteiger partial charge is 0.167 e. The molecule has 0 amide bonds. The van der Waals surface area contributed by atoms with Crippen molar-refractivity contribution < 1.29 is 18.8 Å². The fourth-order valence-corrected chi connectivity index (χ4v) is 7.66. The van der Waals surface area contributed by atoms with Gasteiger partial charge >= 0.3 is 0 Å². The van der Waals surface area contributed by atoms with Gasteiger partial charge in [-0.3, -0.25) is 14.4 Å². The van der Waals surface area contributed by atoms with Gasteiger partial charge < -0.3 is 0 Å². The first-order chi connectivity index (χ1) is 12.6. The molecule has 4 rings (SSSR count). The molecule has 146 valence electrons. The molecular formula is C21H23Cl2FO3. The van der Waals surface area contributed by atoms with Crippen LogP contribution >= 0.6 is 23.2 Å². The van der Waals surface area contributed by atoms with E-state index in [2.05, 4.69) is 0 Å². The van der Waals surface area contributed by atoms with Crippen LogP contribution in [0.3, 0.4) is 0 Å². The van der Waals surface area contributed by atoms with E-state index in [0.29, 0.717) is 18.4 Å². The third-order valence-corrected chi connectivity index (χ3v) is 9.46. The number of carbonyl (C=O) groups is 3. The number of fused-ring (bicyclic) bond motifs is 5. The van der Waals surface area contributed by atoms with Gasteiger partial charge in [0.05, 0.1) is 22.1 Å². The summed E-state index contributed by atoms with van der Waals surface area (Å²) in [4.78, 5) is 36.1. The van der Waals surface area contributed by atoms with E-state index in [0.717, 1.165) is 6.42 Å². The molecule has 0 aromatic rings. The second-order valence-electron chi connectivity index (χ2n) is 8.96. The second-order valence-corrected chi connectivity index (χ2v) is 10.1. The molecule has 6 heteroatoms. The lowest BCUT2D eigenvalue weighted by Crippen LogP contribution is -2.66. The third-order valence-electron chi connectivity index (χ3n) is 7.96. The first-order valence-corrected chi connectivity index (χ1v) is 10.3. The standard InChI is InChI=1S/C21H23Cl2FO3/c1-19-9-17(22)21(23)14(13(19)5-6-15(19)16(26)10-24)4-3-11-7-12(25)8-18(27)20(11,21)2/h3-4,7,13-15,17H,5-6,8-10H2,1-2H3/t13-,14-,15+,17?,19-,20+,21-/m0/s1. The van der Waals surface area contributed by atoms with Crippen molar-refractivity contribution in [3.05, 3.63) is 23.8 Å². The molecule has 0 aromatic carbocycles. The summed E-state index contributed by atoms with van der Waals surface area (Å²) in [5.74, 6) is -1.30. The van der Waals surface area contributed by atoms with Crippen molar-refractivity contribution in [3.8, 4) is 0 Å². The Hall–Kier alpha value is -1.00. The Morgan fingerprint density at radius 2 is 2.00 bits per heavy atom. The normalized spacial score (nSPS) is 48.6. The van der Waals surface area contributed by atoms with Crippen molar-refractivity contribution in [3.63, 3.8) is 0 Å². The molecule has 0 saturated heterocycles. The topological polar surface area (TPSA) is 51.2 Å². The molecule has 0 spiro atoms. The van der Waals surface area contributed by atoms with Crippen LogP contribution in [-0.2, 0) is 14.4 Å². The zero-order valence-corrected chi connectivity index (χ0v) is 16.9. The average Bonchev–Trinajstić information content (AvgIpc) is 2.94. The highest BCUT2D eigenvalue weighted by atomic mass is 35.5. The summed E-state index contributed by atoms with van der Waals surface area (Å²) in [6.07, 6.45) is 6.97. The maximum absolute atomic E-state index is 13.1. The van der Waals surface area contributed by atoms with E-state index >= 15 is 0 Å². The molecule has 3 nitrogen and oxygen atoms in total. The van der Waals surface area contributed by atoms with Crippen molar-refractivity contribution in [2.75, 3.05) is 6.67 Å². The van der Waals surface area contributed by atoms with Crippen molar-refractivity contribution in [2.45, 2.75) is 49.8 Å². The summed E-state index contributed by atoms with van der Waals surface area (Å²) in [6.45, 7) is 2.86. The van der Waals surface area contributed by atoms with Crippen LogP contribution in [0.25, 0.3) is 0 Å². The van der Waals surface area contributed by atoms with E-state index in [-0.39, 0.29) is 41.5 Å². The van der Waals surface area contributed by atoms with Gasteiger partial charge in [-0.15, -0.1) is 23.2 Å². The van der Waals surface area contributed by atoms with Crippen LogP contribution in [0.15, 0.2) is 23.8 Å². The zero-order chi connectivity index (χ0) is 19.8. The van der Waals surface area contributed by atoms with Gasteiger partial charge in [0.15, 0.2) is 17.3 Å². The molecule has 0 N–H and O–H groups in total. The molecule has 27 heavy (non-hydrogen) atoms. The van der Waals surface area contributed by atoms with Gasteiger partial charge in [0.1, 0.15) is 6.67 Å². The van der Waals surface area contributed by atoms with Gasteiger partial charge in [0.2, 0.25) is 0 Å². The summed E-state index contributed by atoms with van der Waals surface area (Å²) in [7, 11) is 0. The van der Waals surface area contributed by atoms with E-state index < -0.39 is 27.8 Å². The molecular weight excluding hydrogens is 390 g/mol. The number of hydrogen-bond acceptors (Lipinski definition) is 3. The number of rotatable bonds is 2. The largest absolute Gasteiger partial charge is 0.298 e. The number of halogens is 3. The molecule has 0 bridgehead atoms. The molecule has 0 aliphatic heterocycles. The van der Waals surface area contributed by atoms with Crippen LogP contribution < -0.4 is 0 Å². The first kappa shape index (κ1) is 19.3. The van der Waals surface area contributed by atoms with Gasteiger partial charge in [-0.05, 0) is 49.2 Å². The lowest BCUT2D eigenvalue weighted by Gasteiger charge is -2.61. The summed E-state index contributed by atoms with van der Waals surface area (Å²) < 4.78 is 13.1. The Balaban J connectivity index is 1.85. The van der Waals surface area contributed by atoms with E-state index in [1.807, 2.05) is 19.1 Å². The van der Waals surface area contributed by atoms with Crippen molar-refractivity contribution in [1.82, 2.24) is 0 Å². The molecule has 2 fully saturated rings. The fraction of sp³-hybridized carbons (Fsp3) is 0.667. The Morgan fingerprint density at radius 3 is 2.67 bits per heavy atom. The lowest BCUT2D eigenvalue weighted by atomic mass is 9.47. The fourth-order valence-electron chi connectivity index (χ4n) is 6.45. The van der Waals surface area contributed by atoms with Crippen LogP contribution in [0.1, 0.15) is 39.5 Å².